The Labute approximate surface area is 97.4 Å². The molecule has 1 aliphatic rings. The average molecular weight is 229 g/mol. The lowest BCUT2D eigenvalue weighted by atomic mass is 9.91. The summed E-state index contributed by atoms with van der Waals surface area (Å²) in [6.45, 7) is 3.95. The van der Waals surface area contributed by atoms with Gasteiger partial charge in [0.25, 0.3) is 0 Å². The summed E-state index contributed by atoms with van der Waals surface area (Å²) in [6.07, 6.45) is 3.61. The highest BCUT2D eigenvalue weighted by Crippen LogP contribution is 2.20. The Morgan fingerprint density at radius 1 is 1.38 bits per heavy atom. The fourth-order valence-corrected chi connectivity index (χ4v) is 2.20. The number of hydrogen-bond donors (Lipinski definition) is 2. The zero-order valence-electron chi connectivity index (χ0n) is 10.4. The van der Waals surface area contributed by atoms with E-state index in [2.05, 4.69) is 5.32 Å². The smallest absolute Gasteiger partial charge is 0.323 e. The van der Waals surface area contributed by atoms with E-state index < -0.39 is 0 Å². The van der Waals surface area contributed by atoms with Crippen molar-refractivity contribution in [2.75, 3.05) is 7.11 Å². The van der Waals surface area contributed by atoms with Crippen molar-refractivity contribution in [3.63, 3.8) is 0 Å². The number of ether oxygens (including phenoxy) is 1. The second-order valence-electron chi connectivity index (χ2n) is 4.87. The Balaban J connectivity index is 2.56. The molecule has 1 fully saturated rings. The van der Waals surface area contributed by atoms with Gasteiger partial charge in [-0.15, -0.1) is 0 Å². The third-order valence-electron chi connectivity index (χ3n) is 3.24. The molecular weight excluding hydrogens is 206 g/mol. The van der Waals surface area contributed by atoms with Crippen LogP contribution >= 0.6 is 0 Å². The van der Waals surface area contributed by atoms with Gasteiger partial charge < -0.3 is 9.84 Å². The maximum Gasteiger partial charge on any atom is 0.323 e. The standard InChI is InChI=1S/C12H23NO3/c1-8(2)11(12(15)16-3)13-9-6-4-5-7-10(9)14/h8-11,13-14H,4-7H2,1-3H3/t9?,10?,11-/m0/s1. The number of methoxy groups -OCH3 is 1. The zero-order valence-corrected chi connectivity index (χ0v) is 10.4. The largest absolute Gasteiger partial charge is 0.468 e. The van der Waals surface area contributed by atoms with Gasteiger partial charge in [0.15, 0.2) is 0 Å². The van der Waals surface area contributed by atoms with Crippen molar-refractivity contribution in [1.29, 1.82) is 0 Å². The van der Waals surface area contributed by atoms with Gasteiger partial charge in [0, 0.05) is 6.04 Å². The third-order valence-corrected chi connectivity index (χ3v) is 3.24. The van der Waals surface area contributed by atoms with Crippen molar-refractivity contribution < 1.29 is 14.6 Å². The molecule has 2 N–H and O–H groups in total. The highest BCUT2D eigenvalue weighted by atomic mass is 16.5. The number of aliphatic hydroxyl groups excluding tert-OH is 1. The quantitative estimate of drug-likeness (QED) is 0.708. The Morgan fingerprint density at radius 3 is 2.50 bits per heavy atom. The minimum atomic E-state index is -0.334. The fourth-order valence-electron chi connectivity index (χ4n) is 2.20. The number of esters is 1. The molecule has 0 heterocycles. The number of rotatable bonds is 4. The van der Waals surface area contributed by atoms with E-state index in [1.54, 1.807) is 0 Å². The van der Waals surface area contributed by atoms with Crippen LogP contribution in [0.25, 0.3) is 0 Å². The molecule has 0 radical (unpaired) electrons. The number of carbonyl (C=O) groups is 1. The monoisotopic (exact) mass is 229 g/mol. The van der Waals surface area contributed by atoms with Crippen LogP contribution in [-0.2, 0) is 9.53 Å². The van der Waals surface area contributed by atoms with Gasteiger partial charge in [0.2, 0.25) is 0 Å². The van der Waals surface area contributed by atoms with Crippen molar-refractivity contribution in [2.45, 2.75) is 57.7 Å². The molecule has 1 saturated carbocycles. The lowest BCUT2D eigenvalue weighted by Crippen LogP contribution is -2.52. The first-order valence-electron chi connectivity index (χ1n) is 6.08. The van der Waals surface area contributed by atoms with E-state index >= 15 is 0 Å². The van der Waals surface area contributed by atoms with Gasteiger partial charge in [-0.2, -0.15) is 0 Å². The fraction of sp³-hybridized carbons (Fsp3) is 0.917. The topological polar surface area (TPSA) is 58.6 Å². The van der Waals surface area contributed by atoms with Crippen molar-refractivity contribution in [3.8, 4) is 0 Å². The summed E-state index contributed by atoms with van der Waals surface area (Å²) >= 11 is 0. The first-order valence-corrected chi connectivity index (χ1v) is 6.08. The lowest BCUT2D eigenvalue weighted by molar-refractivity contribution is -0.145. The number of nitrogens with one attached hydrogen (secondary N) is 1. The minimum Gasteiger partial charge on any atom is -0.468 e. The van der Waals surface area contributed by atoms with Crippen LogP contribution in [0.3, 0.4) is 0 Å². The van der Waals surface area contributed by atoms with Crippen LogP contribution < -0.4 is 5.32 Å². The molecule has 0 saturated heterocycles. The van der Waals surface area contributed by atoms with Crippen LogP contribution in [0.1, 0.15) is 39.5 Å². The molecule has 1 aliphatic carbocycles. The zero-order chi connectivity index (χ0) is 12.1. The Morgan fingerprint density at radius 2 is 2.00 bits per heavy atom. The molecule has 0 aliphatic heterocycles. The van der Waals surface area contributed by atoms with Gasteiger partial charge in [-0.1, -0.05) is 26.7 Å². The van der Waals surface area contributed by atoms with Crippen LogP contribution in [0, 0.1) is 5.92 Å². The predicted octanol–water partition coefficient (Wildman–Crippen LogP) is 1.08. The Hall–Kier alpha value is -0.610. The first-order chi connectivity index (χ1) is 7.56. The highest BCUT2D eigenvalue weighted by molar-refractivity contribution is 5.76. The predicted molar refractivity (Wildman–Crippen MR) is 62.0 cm³/mol. The van der Waals surface area contributed by atoms with Gasteiger partial charge in [0.05, 0.1) is 13.2 Å². The SMILES string of the molecule is COC(=O)[C@@H](NC1CCCCC1O)C(C)C. The molecule has 3 atom stereocenters. The van der Waals surface area contributed by atoms with E-state index in [1.165, 1.54) is 7.11 Å². The maximum absolute atomic E-state index is 11.6. The molecule has 1 rings (SSSR count). The normalized spacial score (nSPS) is 27.8. The summed E-state index contributed by atoms with van der Waals surface area (Å²) in [5.41, 5.74) is 0. The van der Waals surface area contributed by atoms with Gasteiger partial charge in [-0.25, -0.2) is 0 Å². The van der Waals surface area contributed by atoms with E-state index in [1.807, 2.05) is 13.8 Å². The van der Waals surface area contributed by atoms with Crippen LogP contribution in [0.5, 0.6) is 0 Å². The number of hydrogen-bond acceptors (Lipinski definition) is 4. The van der Waals surface area contributed by atoms with Gasteiger partial charge >= 0.3 is 5.97 Å². The molecule has 4 heteroatoms. The van der Waals surface area contributed by atoms with Crippen molar-refractivity contribution in [2.24, 2.45) is 5.92 Å². The average Bonchev–Trinajstić information content (AvgIpc) is 2.26. The number of aliphatic hydroxyl groups is 1. The molecule has 0 aromatic heterocycles. The first kappa shape index (κ1) is 13.5. The third kappa shape index (κ3) is 3.46. The highest BCUT2D eigenvalue weighted by Gasteiger charge is 2.30. The molecule has 2 unspecified atom stereocenters. The lowest BCUT2D eigenvalue weighted by Gasteiger charge is -2.32. The van der Waals surface area contributed by atoms with E-state index in [4.69, 9.17) is 4.74 Å². The number of carbonyl (C=O) groups excluding carboxylic acids is 1. The summed E-state index contributed by atoms with van der Waals surface area (Å²) in [4.78, 5) is 11.6. The van der Waals surface area contributed by atoms with E-state index in [-0.39, 0.29) is 30.1 Å². The van der Waals surface area contributed by atoms with Crippen molar-refractivity contribution >= 4 is 5.97 Å². The molecular formula is C12H23NO3. The second-order valence-corrected chi connectivity index (χ2v) is 4.87. The molecule has 4 nitrogen and oxygen atoms in total. The molecule has 94 valence electrons. The molecule has 0 aromatic rings. The molecule has 0 spiro atoms. The molecule has 0 bridgehead atoms. The van der Waals surface area contributed by atoms with Crippen molar-refractivity contribution in [3.05, 3.63) is 0 Å². The maximum atomic E-state index is 11.6. The van der Waals surface area contributed by atoms with Gasteiger partial charge in [-0.05, 0) is 18.8 Å². The molecule has 0 amide bonds. The molecule has 0 aromatic carbocycles. The van der Waals surface area contributed by atoms with Crippen LogP contribution in [-0.4, -0.2) is 36.4 Å². The summed E-state index contributed by atoms with van der Waals surface area (Å²) < 4.78 is 4.77. The Bertz CT molecular complexity index is 230. The van der Waals surface area contributed by atoms with Crippen molar-refractivity contribution in [1.82, 2.24) is 5.32 Å². The molecule has 16 heavy (non-hydrogen) atoms. The summed E-state index contributed by atoms with van der Waals surface area (Å²) in [6, 6.07) is -0.289. The summed E-state index contributed by atoms with van der Waals surface area (Å²) in [7, 11) is 1.40. The van der Waals surface area contributed by atoms with Gasteiger partial charge in [0.1, 0.15) is 6.04 Å². The second kappa shape index (κ2) is 6.21. The Kier molecular flexibility index (Phi) is 5.22. The minimum absolute atomic E-state index is 0.0280. The van der Waals surface area contributed by atoms with Crippen LogP contribution in [0.2, 0.25) is 0 Å². The van der Waals surface area contributed by atoms with E-state index in [9.17, 15) is 9.90 Å². The summed E-state index contributed by atoms with van der Waals surface area (Å²) in [5, 5.41) is 13.1. The van der Waals surface area contributed by atoms with Crippen LogP contribution in [0.15, 0.2) is 0 Å². The summed E-state index contributed by atoms with van der Waals surface area (Å²) in [5.74, 6) is -0.0747. The van der Waals surface area contributed by atoms with E-state index in [0.29, 0.717) is 0 Å². The van der Waals surface area contributed by atoms with Crippen LogP contribution in [0.4, 0.5) is 0 Å². The van der Waals surface area contributed by atoms with Gasteiger partial charge in [-0.3, -0.25) is 10.1 Å². The van der Waals surface area contributed by atoms with E-state index in [0.717, 1.165) is 25.7 Å².